The topological polar surface area (TPSA) is 74.5 Å². The van der Waals surface area contributed by atoms with E-state index in [-0.39, 0.29) is 11.8 Å². The van der Waals surface area contributed by atoms with Crippen molar-refractivity contribution in [3.63, 3.8) is 0 Å². The van der Waals surface area contributed by atoms with Gasteiger partial charge in [0.05, 0.1) is 5.69 Å². The Morgan fingerprint density at radius 1 is 1.19 bits per heavy atom. The minimum atomic E-state index is -0.00378. The SMILES string of the molecule is CC1CCCN(Cc2csc(NC(=O)C3CCN(c4nc5ccccc5o4)CC3)n2)C1. The quantitative estimate of drug-likeness (QED) is 0.636. The molecule has 0 spiro atoms. The number of para-hydroxylation sites is 2. The molecule has 2 aromatic heterocycles. The number of carbonyl (C=O) groups is 1. The number of aromatic nitrogens is 2. The Kier molecular flexibility index (Phi) is 5.91. The average Bonchev–Trinajstić information content (AvgIpc) is 3.40. The first-order valence-electron chi connectivity index (χ1n) is 11.2. The molecule has 1 amide bonds. The van der Waals surface area contributed by atoms with Gasteiger partial charge in [0.2, 0.25) is 5.91 Å². The summed E-state index contributed by atoms with van der Waals surface area (Å²) in [5, 5.41) is 5.83. The minimum absolute atomic E-state index is 0.00378. The first-order chi connectivity index (χ1) is 15.1. The molecule has 7 nitrogen and oxygen atoms in total. The number of carbonyl (C=O) groups excluding carboxylic acids is 1. The fourth-order valence-corrected chi connectivity index (χ4v) is 5.34. The number of piperidine rings is 2. The minimum Gasteiger partial charge on any atom is -0.423 e. The maximum atomic E-state index is 12.8. The summed E-state index contributed by atoms with van der Waals surface area (Å²) in [6.07, 6.45) is 4.15. The fourth-order valence-electron chi connectivity index (χ4n) is 4.63. The third kappa shape index (κ3) is 4.75. The lowest BCUT2D eigenvalue weighted by molar-refractivity contribution is -0.120. The maximum Gasteiger partial charge on any atom is 0.298 e. The molecule has 0 radical (unpaired) electrons. The van der Waals surface area contributed by atoms with Gasteiger partial charge in [0.15, 0.2) is 10.7 Å². The number of nitrogens with one attached hydrogen (secondary N) is 1. The number of rotatable bonds is 5. The first kappa shape index (κ1) is 20.5. The number of anilines is 2. The second kappa shape index (κ2) is 8.96. The Bertz CT molecular complexity index is 1010. The molecule has 1 unspecified atom stereocenters. The van der Waals surface area contributed by atoms with E-state index in [1.807, 2.05) is 24.3 Å². The van der Waals surface area contributed by atoms with Crippen LogP contribution >= 0.6 is 11.3 Å². The number of likely N-dealkylation sites (tertiary alicyclic amines) is 1. The van der Waals surface area contributed by atoms with E-state index in [0.29, 0.717) is 11.1 Å². The van der Waals surface area contributed by atoms with Crippen LogP contribution in [0.4, 0.5) is 11.1 Å². The van der Waals surface area contributed by atoms with Crippen LogP contribution in [0.3, 0.4) is 0 Å². The average molecular weight is 440 g/mol. The smallest absolute Gasteiger partial charge is 0.298 e. The van der Waals surface area contributed by atoms with Crippen molar-refractivity contribution in [2.24, 2.45) is 11.8 Å². The summed E-state index contributed by atoms with van der Waals surface area (Å²) in [7, 11) is 0. The molecule has 3 aromatic rings. The standard InChI is InChI=1S/C23H29N5O2S/c1-16-5-4-10-27(13-16)14-18-15-31-22(24-18)26-21(29)17-8-11-28(12-9-17)23-25-19-6-2-3-7-20(19)30-23/h2-3,6-7,15-17H,4-5,8-14H2,1H3,(H,24,26,29). The first-order valence-corrected chi connectivity index (χ1v) is 12.1. The lowest BCUT2D eigenvalue weighted by Crippen LogP contribution is -2.38. The molecule has 1 atom stereocenters. The molecular weight excluding hydrogens is 410 g/mol. The van der Waals surface area contributed by atoms with Crippen LogP contribution in [-0.2, 0) is 11.3 Å². The van der Waals surface area contributed by atoms with Crippen LogP contribution in [0.1, 0.15) is 38.3 Å². The van der Waals surface area contributed by atoms with Crippen molar-refractivity contribution in [2.75, 3.05) is 36.4 Å². The third-order valence-electron chi connectivity index (χ3n) is 6.33. The van der Waals surface area contributed by atoms with Gasteiger partial charge in [0.25, 0.3) is 6.01 Å². The monoisotopic (exact) mass is 439 g/mol. The van der Waals surface area contributed by atoms with Crippen LogP contribution in [0.15, 0.2) is 34.1 Å². The summed E-state index contributed by atoms with van der Waals surface area (Å²) >= 11 is 1.53. The van der Waals surface area contributed by atoms with Gasteiger partial charge in [-0.1, -0.05) is 19.1 Å². The number of hydrogen-bond acceptors (Lipinski definition) is 7. The highest BCUT2D eigenvalue weighted by molar-refractivity contribution is 7.13. The Labute approximate surface area is 186 Å². The van der Waals surface area contributed by atoms with Gasteiger partial charge in [-0.2, -0.15) is 4.98 Å². The largest absolute Gasteiger partial charge is 0.423 e. The van der Waals surface area contributed by atoms with Crippen LogP contribution in [0.5, 0.6) is 0 Å². The van der Waals surface area contributed by atoms with Crippen LogP contribution in [0.25, 0.3) is 11.1 Å². The van der Waals surface area contributed by atoms with Gasteiger partial charge >= 0.3 is 0 Å². The van der Waals surface area contributed by atoms with E-state index in [9.17, 15) is 4.79 Å². The number of hydrogen-bond donors (Lipinski definition) is 1. The molecule has 2 aliphatic heterocycles. The second-order valence-corrected chi connectivity index (χ2v) is 9.70. The van der Waals surface area contributed by atoms with E-state index in [2.05, 4.69) is 37.4 Å². The fraction of sp³-hybridized carbons (Fsp3) is 0.522. The van der Waals surface area contributed by atoms with Gasteiger partial charge in [-0.05, 0) is 50.3 Å². The number of amides is 1. The molecule has 2 saturated heterocycles. The van der Waals surface area contributed by atoms with E-state index in [1.54, 1.807) is 0 Å². The van der Waals surface area contributed by atoms with E-state index >= 15 is 0 Å². The van der Waals surface area contributed by atoms with Crippen molar-refractivity contribution in [3.05, 3.63) is 35.3 Å². The molecule has 0 aliphatic carbocycles. The Hall–Kier alpha value is -2.45. The zero-order chi connectivity index (χ0) is 21.2. The van der Waals surface area contributed by atoms with Gasteiger partial charge in [-0.25, -0.2) is 4.98 Å². The molecule has 8 heteroatoms. The van der Waals surface area contributed by atoms with Crippen molar-refractivity contribution in [2.45, 2.75) is 39.2 Å². The molecule has 5 rings (SSSR count). The van der Waals surface area contributed by atoms with E-state index < -0.39 is 0 Å². The highest BCUT2D eigenvalue weighted by Gasteiger charge is 2.28. The predicted octanol–water partition coefficient (Wildman–Crippen LogP) is 4.37. The molecular formula is C23H29N5O2S. The zero-order valence-corrected chi connectivity index (χ0v) is 18.7. The number of thiazole rings is 1. The van der Waals surface area contributed by atoms with Crippen molar-refractivity contribution in [3.8, 4) is 0 Å². The highest BCUT2D eigenvalue weighted by atomic mass is 32.1. The summed E-state index contributed by atoms with van der Waals surface area (Å²) in [6.45, 7) is 7.00. The number of benzene rings is 1. The lowest BCUT2D eigenvalue weighted by Gasteiger charge is -2.30. The highest BCUT2D eigenvalue weighted by Crippen LogP contribution is 2.27. The predicted molar refractivity (Wildman–Crippen MR) is 123 cm³/mol. The Morgan fingerprint density at radius 2 is 2.03 bits per heavy atom. The normalized spacial score (nSPS) is 20.9. The molecule has 1 N–H and O–H groups in total. The zero-order valence-electron chi connectivity index (χ0n) is 17.9. The summed E-state index contributed by atoms with van der Waals surface area (Å²) in [4.78, 5) is 26.6. The van der Waals surface area contributed by atoms with E-state index in [4.69, 9.17) is 4.42 Å². The summed E-state index contributed by atoms with van der Waals surface area (Å²) in [6, 6.07) is 8.45. The second-order valence-electron chi connectivity index (χ2n) is 8.84. The molecule has 0 bridgehead atoms. The Balaban J connectivity index is 1.13. The van der Waals surface area contributed by atoms with Crippen molar-refractivity contribution in [1.29, 1.82) is 0 Å². The van der Waals surface area contributed by atoms with Gasteiger partial charge in [-0.15, -0.1) is 11.3 Å². The number of oxazole rings is 1. The van der Waals surface area contributed by atoms with Crippen LogP contribution in [0.2, 0.25) is 0 Å². The lowest BCUT2D eigenvalue weighted by atomic mass is 9.96. The number of nitrogens with zero attached hydrogens (tertiary/aromatic N) is 4. The van der Waals surface area contributed by atoms with E-state index in [0.717, 1.165) is 68.3 Å². The molecule has 4 heterocycles. The molecule has 2 fully saturated rings. The third-order valence-corrected chi connectivity index (χ3v) is 7.13. The van der Waals surface area contributed by atoms with Crippen molar-refractivity contribution < 1.29 is 9.21 Å². The van der Waals surface area contributed by atoms with Crippen LogP contribution < -0.4 is 10.2 Å². The van der Waals surface area contributed by atoms with E-state index in [1.165, 1.54) is 24.2 Å². The molecule has 31 heavy (non-hydrogen) atoms. The van der Waals surface area contributed by atoms with Crippen LogP contribution in [0, 0.1) is 11.8 Å². The van der Waals surface area contributed by atoms with Gasteiger partial charge in [0.1, 0.15) is 5.52 Å². The summed E-state index contributed by atoms with van der Waals surface area (Å²) in [5.74, 6) is 0.827. The molecule has 0 saturated carbocycles. The summed E-state index contributed by atoms with van der Waals surface area (Å²) in [5.41, 5.74) is 2.73. The summed E-state index contributed by atoms with van der Waals surface area (Å²) < 4.78 is 5.87. The van der Waals surface area contributed by atoms with Gasteiger partial charge in [0, 0.05) is 37.5 Å². The van der Waals surface area contributed by atoms with Crippen molar-refractivity contribution in [1.82, 2.24) is 14.9 Å². The molecule has 1 aromatic carbocycles. The van der Waals surface area contributed by atoms with Gasteiger partial charge < -0.3 is 14.6 Å². The van der Waals surface area contributed by atoms with Gasteiger partial charge in [-0.3, -0.25) is 9.69 Å². The maximum absolute atomic E-state index is 12.8. The van der Waals surface area contributed by atoms with Crippen LogP contribution in [-0.4, -0.2) is 47.0 Å². The molecule has 2 aliphatic rings. The number of fused-ring (bicyclic) bond motifs is 1. The van der Waals surface area contributed by atoms with Crippen molar-refractivity contribution >= 4 is 39.5 Å². The molecule has 164 valence electrons. The Morgan fingerprint density at radius 3 is 2.84 bits per heavy atom.